The van der Waals surface area contributed by atoms with Crippen molar-refractivity contribution in [3.05, 3.63) is 53.6 Å². The van der Waals surface area contributed by atoms with E-state index in [0.29, 0.717) is 25.5 Å². The van der Waals surface area contributed by atoms with Crippen molar-refractivity contribution in [2.75, 3.05) is 13.7 Å². The summed E-state index contributed by atoms with van der Waals surface area (Å²) in [6.07, 6.45) is 0. The average Bonchev–Trinajstić information content (AvgIpc) is 2.54. The minimum Gasteiger partial charge on any atom is -0.497 e. The maximum Gasteiger partial charge on any atom is 0.166 e. The van der Waals surface area contributed by atoms with Crippen molar-refractivity contribution in [2.45, 2.75) is 20.1 Å². The van der Waals surface area contributed by atoms with Gasteiger partial charge in [-0.25, -0.2) is 0 Å². The Kier molecular flexibility index (Phi) is 5.46. The van der Waals surface area contributed by atoms with Crippen LogP contribution in [0, 0.1) is 0 Å². The normalized spacial score (nSPS) is 10.2. The molecule has 0 atom stereocenters. The third kappa shape index (κ3) is 3.89. The van der Waals surface area contributed by atoms with Crippen molar-refractivity contribution in [3.63, 3.8) is 0 Å². The Morgan fingerprint density at radius 2 is 1.86 bits per heavy atom. The van der Waals surface area contributed by atoms with Crippen molar-refractivity contribution in [1.29, 1.82) is 0 Å². The van der Waals surface area contributed by atoms with Gasteiger partial charge < -0.3 is 19.9 Å². The minimum atomic E-state index is 0.411. The van der Waals surface area contributed by atoms with Crippen LogP contribution >= 0.6 is 0 Å². The molecule has 0 saturated heterocycles. The lowest BCUT2D eigenvalue weighted by atomic mass is 10.2. The van der Waals surface area contributed by atoms with E-state index in [-0.39, 0.29) is 0 Å². The third-order valence-electron chi connectivity index (χ3n) is 3.10. The van der Waals surface area contributed by atoms with Gasteiger partial charge in [0.15, 0.2) is 11.5 Å². The van der Waals surface area contributed by atoms with Crippen LogP contribution in [0.1, 0.15) is 18.1 Å². The number of rotatable bonds is 7. The molecule has 2 aromatic rings. The van der Waals surface area contributed by atoms with Crippen LogP contribution < -0.4 is 19.9 Å². The highest BCUT2D eigenvalue weighted by Crippen LogP contribution is 2.32. The van der Waals surface area contributed by atoms with Gasteiger partial charge in [0, 0.05) is 12.1 Å². The first-order valence-corrected chi connectivity index (χ1v) is 6.99. The average molecular weight is 287 g/mol. The molecule has 2 aromatic carbocycles. The number of benzene rings is 2. The van der Waals surface area contributed by atoms with Crippen LogP contribution in [0.5, 0.6) is 17.2 Å². The molecule has 0 aromatic heterocycles. The molecule has 0 bridgehead atoms. The molecule has 0 unspecified atom stereocenters. The number of methoxy groups -OCH3 is 1. The fraction of sp³-hybridized carbons (Fsp3) is 0.294. The van der Waals surface area contributed by atoms with Crippen LogP contribution in [0.15, 0.2) is 42.5 Å². The maximum absolute atomic E-state index is 5.94. The van der Waals surface area contributed by atoms with Crippen LogP contribution in [0.25, 0.3) is 0 Å². The lowest BCUT2D eigenvalue weighted by Crippen LogP contribution is -2.05. The van der Waals surface area contributed by atoms with Gasteiger partial charge >= 0.3 is 0 Å². The maximum atomic E-state index is 5.94. The summed E-state index contributed by atoms with van der Waals surface area (Å²) in [6.45, 7) is 3.38. The van der Waals surface area contributed by atoms with Gasteiger partial charge in [-0.15, -0.1) is 0 Å². The summed E-state index contributed by atoms with van der Waals surface area (Å²) in [5, 5.41) is 0. The SMILES string of the molecule is CCOc1cccc(CN)c1OCc1cccc(OC)c1. The van der Waals surface area contributed by atoms with Gasteiger partial charge in [0.1, 0.15) is 12.4 Å². The predicted molar refractivity (Wildman–Crippen MR) is 82.8 cm³/mol. The Labute approximate surface area is 125 Å². The van der Waals surface area contributed by atoms with Crippen molar-refractivity contribution >= 4 is 0 Å². The third-order valence-corrected chi connectivity index (χ3v) is 3.10. The van der Waals surface area contributed by atoms with Gasteiger partial charge in [-0.1, -0.05) is 24.3 Å². The summed E-state index contributed by atoms with van der Waals surface area (Å²) >= 11 is 0. The summed E-state index contributed by atoms with van der Waals surface area (Å²) in [5.41, 5.74) is 7.74. The second-order valence-electron chi connectivity index (χ2n) is 4.52. The number of hydrogen-bond donors (Lipinski definition) is 1. The Hall–Kier alpha value is -2.20. The van der Waals surface area contributed by atoms with E-state index in [4.69, 9.17) is 19.9 Å². The summed E-state index contributed by atoms with van der Waals surface area (Å²) in [7, 11) is 1.65. The first-order valence-electron chi connectivity index (χ1n) is 6.99. The topological polar surface area (TPSA) is 53.7 Å². The lowest BCUT2D eigenvalue weighted by molar-refractivity contribution is 0.266. The van der Waals surface area contributed by atoms with Crippen molar-refractivity contribution in [3.8, 4) is 17.2 Å². The largest absolute Gasteiger partial charge is 0.497 e. The molecule has 4 nitrogen and oxygen atoms in total. The molecule has 2 N–H and O–H groups in total. The highest BCUT2D eigenvalue weighted by Gasteiger charge is 2.10. The summed E-state index contributed by atoms with van der Waals surface area (Å²) in [6, 6.07) is 13.6. The standard InChI is InChI=1S/C17H21NO3/c1-3-20-16-9-5-7-14(11-18)17(16)21-12-13-6-4-8-15(10-13)19-2/h4-10H,3,11-12,18H2,1-2H3. The van der Waals surface area contributed by atoms with Crippen LogP contribution in [0.4, 0.5) is 0 Å². The molecule has 21 heavy (non-hydrogen) atoms. The second-order valence-corrected chi connectivity index (χ2v) is 4.52. The van der Waals surface area contributed by atoms with E-state index in [0.717, 1.165) is 22.6 Å². The number of ether oxygens (including phenoxy) is 3. The fourth-order valence-corrected chi connectivity index (χ4v) is 2.07. The van der Waals surface area contributed by atoms with Crippen LogP contribution in [-0.2, 0) is 13.2 Å². The zero-order valence-electron chi connectivity index (χ0n) is 12.5. The summed E-state index contributed by atoms with van der Waals surface area (Å²) < 4.78 is 16.8. The molecule has 0 fully saturated rings. The highest BCUT2D eigenvalue weighted by atomic mass is 16.5. The van der Waals surface area contributed by atoms with Gasteiger partial charge in [-0.05, 0) is 30.7 Å². The second kappa shape index (κ2) is 7.55. The molecular weight excluding hydrogens is 266 g/mol. The molecule has 4 heteroatoms. The van der Waals surface area contributed by atoms with Crippen LogP contribution in [0.3, 0.4) is 0 Å². The van der Waals surface area contributed by atoms with Gasteiger partial charge in [0.2, 0.25) is 0 Å². The molecule has 112 valence electrons. The van der Waals surface area contributed by atoms with E-state index in [1.54, 1.807) is 7.11 Å². The quantitative estimate of drug-likeness (QED) is 0.850. The zero-order valence-corrected chi connectivity index (χ0v) is 12.5. The monoisotopic (exact) mass is 287 g/mol. The number of para-hydroxylation sites is 1. The van der Waals surface area contributed by atoms with Crippen LogP contribution in [0.2, 0.25) is 0 Å². The number of hydrogen-bond acceptors (Lipinski definition) is 4. The summed E-state index contributed by atoms with van der Waals surface area (Å²) in [4.78, 5) is 0. The molecule has 0 amide bonds. The molecule has 0 aliphatic rings. The minimum absolute atomic E-state index is 0.411. The van der Waals surface area contributed by atoms with Gasteiger partial charge in [-0.3, -0.25) is 0 Å². The summed E-state index contributed by atoms with van der Waals surface area (Å²) in [5.74, 6) is 2.25. The predicted octanol–water partition coefficient (Wildman–Crippen LogP) is 3.13. The number of nitrogens with two attached hydrogens (primary N) is 1. The molecule has 0 aliphatic heterocycles. The van der Waals surface area contributed by atoms with E-state index in [1.807, 2.05) is 49.4 Å². The molecule has 2 rings (SSSR count). The molecule has 0 aliphatic carbocycles. The molecular formula is C17H21NO3. The van der Waals surface area contributed by atoms with Gasteiger partial charge in [-0.2, -0.15) is 0 Å². The highest BCUT2D eigenvalue weighted by molar-refractivity contribution is 5.46. The Morgan fingerprint density at radius 1 is 1.05 bits per heavy atom. The van der Waals surface area contributed by atoms with E-state index in [9.17, 15) is 0 Å². The lowest BCUT2D eigenvalue weighted by Gasteiger charge is -2.15. The smallest absolute Gasteiger partial charge is 0.166 e. The molecule has 0 heterocycles. The van der Waals surface area contributed by atoms with Crippen molar-refractivity contribution in [1.82, 2.24) is 0 Å². The fourth-order valence-electron chi connectivity index (χ4n) is 2.07. The Bertz CT molecular complexity index is 584. The van der Waals surface area contributed by atoms with Gasteiger partial charge in [0.25, 0.3) is 0 Å². The Morgan fingerprint density at radius 3 is 2.57 bits per heavy atom. The first-order chi connectivity index (χ1) is 10.3. The van der Waals surface area contributed by atoms with E-state index < -0.39 is 0 Å². The van der Waals surface area contributed by atoms with E-state index in [1.165, 1.54) is 0 Å². The van der Waals surface area contributed by atoms with Crippen LogP contribution in [-0.4, -0.2) is 13.7 Å². The van der Waals surface area contributed by atoms with Gasteiger partial charge in [0.05, 0.1) is 13.7 Å². The van der Waals surface area contributed by atoms with Crippen molar-refractivity contribution in [2.24, 2.45) is 5.73 Å². The zero-order chi connectivity index (χ0) is 15.1. The molecule has 0 saturated carbocycles. The first kappa shape index (κ1) is 15.2. The Balaban J connectivity index is 2.18. The molecule has 0 spiro atoms. The van der Waals surface area contributed by atoms with E-state index in [2.05, 4.69) is 0 Å². The van der Waals surface area contributed by atoms with Crippen molar-refractivity contribution < 1.29 is 14.2 Å². The molecule has 0 radical (unpaired) electrons. The van der Waals surface area contributed by atoms with E-state index >= 15 is 0 Å².